The van der Waals surface area contributed by atoms with E-state index in [4.69, 9.17) is 5.11 Å². The third kappa shape index (κ3) is 23.2. The zero-order valence-corrected chi connectivity index (χ0v) is 17.7. The number of hydrogen-bond donors (Lipinski definition) is 1. The Bertz CT molecular complexity index is 309. The first kappa shape index (κ1) is 25.2. The van der Waals surface area contributed by atoms with Crippen LogP contribution in [-0.4, -0.2) is 11.1 Å². The molecular weight excluding hydrogens is 320 g/mol. The first-order valence-corrected chi connectivity index (χ1v) is 11.6. The minimum Gasteiger partial charge on any atom is -0.481 e. The van der Waals surface area contributed by atoms with Gasteiger partial charge in [0.15, 0.2) is 0 Å². The van der Waals surface area contributed by atoms with Gasteiger partial charge in [-0.25, -0.2) is 0 Å². The highest BCUT2D eigenvalue weighted by Gasteiger charge is 1.95. The number of aliphatic carboxylic acids is 1. The molecule has 0 aliphatic rings. The van der Waals surface area contributed by atoms with Crippen molar-refractivity contribution in [3.63, 3.8) is 0 Å². The highest BCUT2D eigenvalue weighted by Crippen LogP contribution is 2.14. The molecule has 0 aliphatic heterocycles. The van der Waals surface area contributed by atoms with E-state index in [0.717, 1.165) is 6.42 Å². The van der Waals surface area contributed by atoms with Crippen molar-refractivity contribution in [3.8, 4) is 0 Å². The fraction of sp³-hybridized carbons (Fsp3) is 0.875. The summed E-state index contributed by atoms with van der Waals surface area (Å²) in [5.41, 5.74) is 0. The third-order valence-corrected chi connectivity index (χ3v) is 5.17. The van der Waals surface area contributed by atoms with Crippen molar-refractivity contribution in [1.29, 1.82) is 0 Å². The smallest absolute Gasteiger partial charge is 0.303 e. The highest BCUT2D eigenvalue weighted by molar-refractivity contribution is 5.66. The van der Waals surface area contributed by atoms with Crippen LogP contribution in [0.3, 0.4) is 0 Å². The summed E-state index contributed by atoms with van der Waals surface area (Å²) in [6.07, 6.45) is 30.2. The zero-order chi connectivity index (χ0) is 19.1. The average Bonchev–Trinajstić information content (AvgIpc) is 2.62. The summed E-state index contributed by atoms with van der Waals surface area (Å²) in [5.74, 6) is -0.701. The maximum atomic E-state index is 10.4. The predicted molar refractivity (Wildman–Crippen MR) is 115 cm³/mol. The molecule has 0 amide bonds. The fourth-order valence-electron chi connectivity index (χ4n) is 3.43. The molecule has 0 unspecified atom stereocenters. The number of carboxylic acid groups (broad SMARTS) is 1. The molecule has 0 radical (unpaired) electrons. The number of carbonyl (C=O) groups is 1. The zero-order valence-electron chi connectivity index (χ0n) is 17.7. The van der Waals surface area contributed by atoms with E-state index >= 15 is 0 Å². The van der Waals surface area contributed by atoms with Crippen LogP contribution >= 0.6 is 0 Å². The van der Waals surface area contributed by atoms with Gasteiger partial charge in [-0.2, -0.15) is 0 Å². The van der Waals surface area contributed by atoms with Crippen LogP contribution in [0.25, 0.3) is 0 Å². The molecule has 0 rings (SSSR count). The maximum absolute atomic E-state index is 10.4. The molecule has 0 fully saturated rings. The van der Waals surface area contributed by atoms with Gasteiger partial charge in [-0.05, 0) is 19.3 Å². The van der Waals surface area contributed by atoms with Gasteiger partial charge in [0.2, 0.25) is 0 Å². The lowest BCUT2D eigenvalue weighted by Crippen LogP contribution is -1.91. The largest absolute Gasteiger partial charge is 0.481 e. The lowest BCUT2D eigenvalue weighted by molar-refractivity contribution is -0.136. The van der Waals surface area contributed by atoms with Crippen molar-refractivity contribution < 1.29 is 9.90 Å². The summed E-state index contributed by atoms with van der Waals surface area (Å²) >= 11 is 0. The Labute approximate surface area is 163 Å². The molecule has 0 aromatic carbocycles. The molecule has 2 heteroatoms. The van der Waals surface area contributed by atoms with E-state index in [9.17, 15) is 4.79 Å². The highest BCUT2D eigenvalue weighted by atomic mass is 16.4. The Hall–Kier alpha value is -0.790. The second-order valence-electron chi connectivity index (χ2n) is 7.85. The Morgan fingerprint density at radius 3 is 1.31 bits per heavy atom. The molecule has 0 saturated heterocycles. The van der Waals surface area contributed by atoms with Crippen LogP contribution in [0.5, 0.6) is 0 Å². The second kappa shape index (κ2) is 22.3. The normalized spacial score (nSPS) is 11.4. The van der Waals surface area contributed by atoms with Crippen molar-refractivity contribution in [3.05, 3.63) is 12.2 Å². The predicted octanol–water partition coefficient (Wildman–Crippen LogP) is 8.45. The lowest BCUT2D eigenvalue weighted by Gasteiger charge is -2.03. The van der Waals surface area contributed by atoms with Crippen LogP contribution < -0.4 is 0 Å². The summed E-state index contributed by atoms with van der Waals surface area (Å²) in [7, 11) is 0. The molecule has 0 aromatic rings. The Morgan fingerprint density at radius 1 is 0.577 bits per heavy atom. The molecule has 0 heterocycles. The number of allylic oxidation sites excluding steroid dienone is 2. The minimum absolute atomic E-state index is 0.259. The molecule has 0 saturated carbocycles. The van der Waals surface area contributed by atoms with Crippen molar-refractivity contribution in [1.82, 2.24) is 0 Å². The first-order valence-electron chi connectivity index (χ1n) is 11.6. The summed E-state index contributed by atoms with van der Waals surface area (Å²) < 4.78 is 0. The van der Waals surface area contributed by atoms with E-state index < -0.39 is 5.97 Å². The van der Waals surface area contributed by atoms with E-state index in [2.05, 4.69) is 13.0 Å². The van der Waals surface area contributed by atoms with Crippen LogP contribution in [0.1, 0.15) is 135 Å². The molecule has 2 nitrogen and oxygen atoms in total. The van der Waals surface area contributed by atoms with E-state index in [-0.39, 0.29) is 6.42 Å². The lowest BCUT2D eigenvalue weighted by atomic mass is 10.0. The van der Waals surface area contributed by atoms with Gasteiger partial charge in [0, 0.05) is 6.42 Å². The van der Waals surface area contributed by atoms with Gasteiger partial charge >= 0.3 is 5.97 Å². The van der Waals surface area contributed by atoms with E-state index in [1.54, 1.807) is 0 Å². The number of carboxylic acids is 1. The molecule has 1 N–H and O–H groups in total. The number of unbranched alkanes of at least 4 members (excludes halogenated alkanes) is 17. The van der Waals surface area contributed by atoms with Gasteiger partial charge in [0.1, 0.15) is 0 Å². The van der Waals surface area contributed by atoms with Crippen LogP contribution in [0.15, 0.2) is 12.2 Å². The summed E-state index contributed by atoms with van der Waals surface area (Å²) in [6.45, 7) is 2.28. The van der Waals surface area contributed by atoms with Crippen molar-refractivity contribution in [2.24, 2.45) is 0 Å². The van der Waals surface area contributed by atoms with Gasteiger partial charge < -0.3 is 5.11 Å². The van der Waals surface area contributed by atoms with Gasteiger partial charge in [0.25, 0.3) is 0 Å². The minimum atomic E-state index is -0.701. The van der Waals surface area contributed by atoms with Crippen molar-refractivity contribution in [2.75, 3.05) is 0 Å². The third-order valence-electron chi connectivity index (χ3n) is 5.17. The molecule has 0 atom stereocenters. The fourth-order valence-corrected chi connectivity index (χ4v) is 3.43. The molecule has 0 bridgehead atoms. The molecular formula is C24H46O2. The van der Waals surface area contributed by atoms with Gasteiger partial charge in [-0.3, -0.25) is 4.79 Å². The Morgan fingerprint density at radius 2 is 0.923 bits per heavy atom. The van der Waals surface area contributed by atoms with Crippen LogP contribution in [0.2, 0.25) is 0 Å². The summed E-state index contributed by atoms with van der Waals surface area (Å²) in [5, 5.41) is 8.54. The van der Waals surface area contributed by atoms with Crippen molar-refractivity contribution in [2.45, 2.75) is 135 Å². The number of hydrogen-bond acceptors (Lipinski definition) is 1. The van der Waals surface area contributed by atoms with E-state index in [1.807, 2.05) is 6.08 Å². The standard InChI is InChI=1S/C24H46O2/c1-2-3-4-5-6-7-8-9-10-11-12-13-14-15-16-17-18-19-20-21-22-23-24(25)26/h20-21H,2-19,22-23H2,1H3,(H,25,26). The Balaban J connectivity index is 3.04. The van der Waals surface area contributed by atoms with E-state index in [1.165, 1.54) is 109 Å². The van der Waals surface area contributed by atoms with Crippen molar-refractivity contribution >= 4 is 5.97 Å². The summed E-state index contributed by atoms with van der Waals surface area (Å²) in [4.78, 5) is 10.4. The van der Waals surface area contributed by atoms with Crippen LogP contribution in [0, 0.1) is 0 Å². The SMILES string of the molecule is CCCCCCCCCCCCCCCCCCCC=CCCC(=O)O. The molecule has 0 aromatic heterocycles. The topological polar surface area (TPSA) is 37.3 Å². The van der Waals surface area contributed by atoms with Crippen LogP contribution in [0.4, 0.5) is 0 Å². The van der Waals surface area contributed by atoms with Crippen LogP contribution in [-0.2, 0) is 4.79 Å². The quantitative estimate of drug-likeness (QED) is 0.163. The Kier molecular flexibility index (Phi) is 21.6. The molecule has 26 heavy (non-hydrogen) atoms. The summed E-state index contributed by atoms with van der Waals surface area (Å²) in [6, 6.07) is 0. The second-order valence-corrected chi connectivity index (χ2v) is 7.85. The molecule has 0 aliphatic carbocycles. The van der Waals surface area contributed by atoms with E-state index in [0.29, 0.717) is 6.42 Å². The number of rotatable bonds is 21. The van der Waals surface area contributed by atoms with Gasteiger partial charge in [-0.1, -0.05) is 122 Å². The van der Waals surface area contributed by atoms with Gasteiger partial charge in [0.05, 0.1) is 0 Å². The maximum Gasteiger partial charge on any atom is 0.303 e. The molecule has 0 spiro atoms. The molecule has 154 valence electrons. The average molecular weight is 367 g/mol. The first-order chi connectivity index (χ1) is 12.8. The monoisotopic (exact) mass is 366 g/mol. The van der Waals surface area contributed by atoms with Gasteiger partial charge in [-0.15, -0.1) is 0 Å².